The molecule has 1 aliphatic heterocycles. The summed E-state index contributed by atoms with van der Waals surface area (Å²) in [6.45, 7) is 4.69. The number of esters is 1. The molecule has 5 aliphatic rings. The minimum atomic E-state index is -0.976. The van der Waals surface area contributed by atoms with Crippen LogP contribution in [-0.2, 0) is 9.53 Å². The molecule has 0 aromatic rings. The van der Waals surface area contributed by atoms with Gasteiger partial charge in [-0.05, 0) is 61.3 Å². The number of carbonyl (C=O) groups excluding carboxylic acids is 1. The van der Waals surface area contributed by atoms with Crippen molar-refractivity contribution in [3.05, 3.63) is 22.8 Å². The van der Waals surface area contributed by atoms with E-state index in [-0.39, 0.29) is 11.9 Å². The summed E-state index contributed by atoms with van der Waals surface area (Å²) in [6, 6.07) is 0. The minimum absolute atomic E-state index is 0.200. The summed E-state index contributed by atoms with van der Waals surface area (Å²) in [5.74, 6) is 0.439. The Morgan fingerprint density at radius 1 is 1.32 bits per heavy atom. The van der Waals surface area contributed by atoms with E-state index in [2.05, 4.69) is 19.9 Å². The zero-order valence-corrected chi connectivity index (χ0v) is 15.1. The van der Waals surface area contributed by atoms with E-state index in [9.17, 15) is 15.0 Å². The van der Waals surface area contributed by atoms with Crippen LogP contribution >= 0.6 is 0 Å². The van der Waals surface area contributed by atoms with Crippen LogP contribution in [0.15, 0.2) is 22.8 Å². The van der Waals surface area contributed by atoms with Crippen molar-refractivity contribution in [1.82, 2.24) is 0 Å². The van der Waals surface area contributed by atoms with Crippen molar-refractivity contribution >= 4 is 5.97 Å². The summed E-state index contributed by atoms with van der Waals surface area (Å²) in [6.07, 6.45) is 6.68. The Morgan fingerprint density at radius 2 is 2.12 bits per heavy atom. The molecule has 5 rings (SSSR count). The Hall–Kier alpha value is -1.13. The number of hydrogen-bond donors (Lipinski definition) is 2. The lowest BCUT2D eigenvalue weighted by Gasteiger charge is -2.50. The predicted octanol–water partition coefficient (Wildman–Crippen LogP) is 2.89. The van der Waals surface area contributed by atoms with Crippen LogP contribution in [0.5, 0.6) is 0 Å². The zero-order chi connectivity index (χ0) is 17.6. The Morgan fingerprint density at radius 3 is 2.88 bits per heavy atom. The van der Waals surface area contributed by atoms with Gasteiger partial charge in [0, 0.05) is 6.42 Å². The van der Waals surface area contributed by atoms with Crippen molar-refractivity contribution in [3.63, 3.8) is 0 Å². The smallest absolute Gasteiger partial charge is 0.317 e. The van der Waals surface area contributed by atoms with Gasteiger partial charge in [-0.1, -0.05) is 31.1 Å². The lowest BCUT2D eigenvalue weighted by Crippen LogP contribution is -2.54. The fourth-order valence-electron chi connectivity index (χ4n) is 6.84. The highest BCUT2D eigenvalue weighted by Crippen LogP contribution is 2.64. The van der Waals surface area contributed by atoms with Crippen molar-refractivity contribution in [2.75, 3.05) is 0 Å². The van der Waals surface area contributed by atoms with E-state index < -0.39 is 23.7 Å². The summed E-state index contributed by atoms with van der Waals surface area (Å²) in [5.41, 5.74) is 3.66. The highest BCUT2D eigenvalue weighted by Gasteiger charge is 2.67. The summed E-state index contributed by atoms with van der Waals surface area (Å²) in [5, 5.41) is 20.9. The van der Waals surface area contributed by atoms with Crippen molar-refractivity contribution in [3.8, 4) is 0 Å². The lowest BCUT2D eigenvalue weighted by molar-refractivity contribution is -0.151. The standard InChI is InChI=1S/C21H28O4/c1-3-20(2)9-8-12-11-4-5-15-17(22)18(23)16-10-21(15,19(24)25-16)14(11)7-6-13(12)20/h5,11,14,16-18,22-23H,3-4,6-10H2,1-2H3/t11-,14-,16-,17+,18-,20+,21-/m0/s1. The Balaban J connectivity index is 1.61. The summed E-state index contributed by atoms with van der Waals surface area (Å²) in [4.78, 5) is 12.9. The molecule has 136 valence electrons. The van der Waals surface area contributed by atoms with Crippen LogP contribution in [0.25, 0.3) is 0 Å². The molecule has 2 fully saturated rings. The maximum absolute atomic E-state index is 12.9. The van der Waals surface area contributed by atoms with E-state index in [1.54, 1.807) is 11.1 Å². The van der Waals surface area contributed by atoms with Crippen molar-refractivity contribution in [1.29, 1.82) is 0 Å². The first-order valence-corrected chi connectivity index (χ1v) is 9.92. The molecular weight excluding hydrogens is 316 g/mol. The highest BCUT2D eigenvalue weighted by atomic mass is 16.6. The molecule has 1 spiro atoms. The molecule has 7 atom stereocenters. The van der Waals surface area contributed by atoms with Crippen molar-refractivity contribution in [2.24, 2.45) is 22.7 Å². The number of allylic oxidation sites excluding steroid dienone is 3. The first-order chi connectivity index (χ1) is 11.9. The van der Waals surface area contributed by atoms with E-state index >= 15 is 0 Å². The van der Waals surface area contributed by atoms with E-state index in [1.165, 1.54) is 12.8 Å². The molecule has 4 nitrogen and oxygen atoms in total. The number of aliphatic hydroxyl groups is 2. The molecule has 0 amide bonds. The third-order valence-corrected chi connectivity index (χ3v) is 8.39. The fraction of sp³-hybridized carbons (Fsp3) is 0.762. The Labute approximate surface area is 148 Å². The largest absolute Gasteiger partial charge is 0.459 e. The third kappa shape index (κ3) is 1.78. The second-order valence-electron chi connectivity index (χ2n) is 9.12. The van der Waals surface area contributed by atoms with Crippen LogP contribution in [0.2, 0.25) is 0 Å². The first kappa shape index (κ1) is 16.1. The normalized spacial score (nSPS) is 50.8. The van der Waals surface area contributed by atoms with Crippen LogP contribution in [0.1, 0.15) is 58.8 Å². The number of ether oxygens (including phenoxy) is 1. The Bertz CT molecular complexity index is 707. The Kier molecular flexibility index (Phi) is 3.20. The number of fused-ring (bicyclic) bond motifs is 3. The van der Waals surface area contributed by atoms with Gasteiger partial charge >= 0.3 is 5.97 Å². The van der Waals surface area contributed by atoms with Gasteiger partial charge in [0.15, 0.2) is 0 Å². The summed E-state index contributed by atoms with van der Waals surface area (Å²) in [7, 11) is 0. The van der Waals surface area contributed by atoms with Gasteiger partial charge in [0.1, 0.15) is 18.3 Å². The van der Waals surface area contributed by atoms with E-state index in [4.69, 9.17) is 4.74 Å². The van der Waals surface area contributed by atoms with Gasteiger partial charge in [0.2, 0.25) is 0 Å². The van der Waals surface area contributed by atoms with Gasteiger partial charge in [-0.25, -0.2) is 0 Å². The predicted molar refractivity (Wildman–Crippen MR) is 92.5 cm³/mol. The number of hydrogen-bond acceptors (Lipinski definition) is 4. The van der Waals surface area contributed by atoms with Gasteiger partial charge in [0.05, 0.1) is 5.41 Å². The monoisotopic (exact) mass is 344 g/mol. The molecule has 1 saturated carbocycles. The fourth-order valence-corrected chi connectivity index (χ4v) is 6.84. The molecule has 0 aromatic heterocycles. The maximum atomic E-state index is 12.9. The average Bonchev–Trinajstić information content (AvgIpc) is 3.11. The highest BCUT2D eigenvalue weighted by molar-refractivity contribution is 5.85. The van der Waals surface area contributed by atoms with Gasteiger partial charge < -0.3 is 14.9 Å². The minimum Gasteiger partial charge on any atom is -0.459 e. The topological polar surface area (TPSA) is 66.8 Å². The number of carbonyl (C=O) groups is 1. The molecule has 25 heavy (non-hydrogen) atoms. The quantitative estimate of drug-likeness (QED) is 0.567. The number of aliphatic hydroxyl groups excluding tert-OH is 2. The molecule has 0 radical (unpaired) electrons. The first-order valence-electron chi connectivity index (χ1n) is 9.92. The van der Waals surface area contributed by atoms with E-state index in [0.29, 0.717) is 17.8 Å². The van der Waals surface area contributed by atoms with Gasteiger partial charge in [-0.3, -0.25) is 4.79 Å². The maximum Gasteiger partial charge on any atom is 0.317 e. The second kappa shape index (κ2) is 4.98. The molecule has 1 heterocycles. The SMILES string of the molecule is CC[C@]1(C)CCC2=C1CC[C@H]1[C@H]2CC=C2[C@@H](O)[C@@H](O)[C@@H]3C[C@@]21C(=O)O3. The molecule has 0 unspecified atom stereocenters. The van der Waals surface area contributed by atoms with Crippen LogP contribution in [0.4, 0.5) is 0 Å². The van der Waals surface area contributed by atoms with Crippen molar-refractivity contribution < 1.29 is 19.7 Å². The zero-order valence-electron chi connectivity index (χ0n) is 15.1. The van der Waals surface area contributed by atoms with Gasteiger partial charge in [0.25, 0.3) is 0 Å². The van der Waals surface area contributed by atoms with Crippen molar-refractivity contribution in [2.45, 2.75) is 77.1 Å². The van der Waals surface area contributed by atoms with Gasteiger partial charge in [-0.2, -0.15) is 0 Å². The molecule has 2 N–H and O–H groups in total. The van der Waals surface area contributed by atoms with Crippen LogP contribution in [-0.4, -0.2) is 34.5 Å². The average molecular weight is 344 g/mol. The molecule has 4 aliphatic carbocycles. The lowest BCUT2D eigenvalue weighted by atomic mass is 9.51. The van der Waals surface area contributed by atoms with E-state index in [1.807, 2.05) is 0 Å². The molecule has 1 saturated heterocycles. The molecule has 2 bridgehead atoms. The molecule has 0 aromatic carbocycles. The molecular formula is C21H28O4. The summed E-state index contributed by atoms with van der Waals surface area (Å²) < 4.78 is 5.54. The van der Waals surface area contributed by atoms with E-state index in [0.717, 1.165) is 31.3 Å². The van der Waals surface area contributed by atoms with Gasteiger partial charge in [-0.15, -0.1) is 0 Å². The second-order valence-corrected chi connectivity index (χ2v) is 9.12. The summed E-state index contributed by atoms with van der Waals surface area (Å²) >= 11 is 0. The van der Waals surface area contributed by atoms with Crippen LogP contribution in [0.3, 0.4) is 0 Å². The number of rotatable bonds is 1. The van der Waals surface area contributed by atoms with Crippen LogP contribution in [0, 0.1) is 22.7 Å². The molecule has 4 heteroatoms. The third-order valence-electron chi connectivity index (χ3n) is 8.39. The van der Waals surface area contributed by atoms with Crippen LogP contribution < -0.4 is 0 Å².